The van der Waals surface area contributed by atoms with E-state index in [2.05, 4.69) is 0 Å². The molecule has 0 spiro atoms. The molecule has 0 saturated carbocycles. The van der Waals surface area contributed by atoms with Gasteiger partial charge in [-0.15, -0.1) is 0 Å². The number of aliphatic carboxylic acids is 1. The number of nitrogens with zero attached hydrogens (tertiary/aromatic N) is 3. The van der Waals surface area contributed by atoms with Crippen molar-refractivity contribution in [2.75, 3.05) is 32.7 Å². The molecule has 0 unspecified atom stereocenters. The van der Waals surface area contributed by atoms with Crippen molar-refractivity contribution < 1.29 is 19.5 Å². The van der Waals surface area contributed by atoms with Gasteiger partial charge in [-0.1, -0.05) is 0 Å². The van der Waals surface area contributed by atoms with Crippen LogP contribution < -0.4 is 0 Å². The molecule has 0 bridgehead atoms. The molecular weight excluding hydrogens is 274 g/mol. The van der Waals surface area contributed by atoms with Crippen LogP contribution in [0.15, 0.2) is 0 Å². The van der Waals surface area contributed by atoms with E-state index in [0.29, 0.717) is 26.2 Å². The Morgan fingerprint density at radius 3 is 2.19 bits per heavy atom. The van der Waals surface area contributed by atoms with E-state index in [1.165, 1.54) is 6.92 Å². The number of rotatable bonds is 4. The second-order valence-corrected chi connectivity index (χ2v) is 5.56. The van der Waals surface area contributed by atoms with Gasteiger partial charge < -0.3 is 19.8 Å². The highest BCUT2D eigenvalue weighted by Crippen LogP contribution is 2.10. The molecule has 1 saturated heterocycles. The average Bonchev–Trinajstić information content (AvgIpc) is 2.63. The molecule has 0 radical (unpaired) electrons. The Morgan fingerprint density at radius 2 is 1.67 bits per heavy atom. The van der Waals surface area contributed by atoms with E-state index < -0.39 is 5.97 Å². The Kier molecular flexibility index (Phi) is 6.45. The largest absolute Gasteiger partial charge is 0.481 e. The Labute approximate surface area is 125 Å². The summed E-state index contributed by atoms with van der Waals surface area (Å²) in [4.78, 5) is 39.7. The third kappa shape index (κ3) is 5.24. The Balaban J connectivity index is 2.66. The number of hydrogen-bond acceptors (Lipinski definition) is 3. The first-order valence-corrected chi connectivity index (χ1v) is 7.35. The van der Waals surface area contributed by atoms with Gasteiger partial charge in [-0.2, -0.15) is 0 Å². The zero-order chi connectivity index (χ0) is 16.0. The predicted molar refractivity (Wildman–Crippen MR) is 77.9 cm³/mol. The summed E-state index contributed by atoms with van der Waals surface area (Å²) in [5, 5.41) is 8.78. The summed E-state index contributed by atoms with van der Waals surface area (Å²) < 4.78 is 0. The summed E-state index contributed by atoms with van der Waals surface area (Å²) in [5.41, 5.74) is 0. The summed E-state index contributed by atoms with van der Waals surface area (Å²) in [6.07, 6.45) is 0.688. The molecule has 0 atom stereocenters. The minimum Gasteiger partial charge on any atom is -0.481 e. The van der Waals surface area contributed by atoms with Gasteiger partial charge in [-0.3, -0.25) is 9.59 Å². The zero-order valence-electron chi connectivity index (χ0n) is 13.0. The van der Waals surface area contributed by atoms with E-state index in [1.54, 1.807) is 14.7 Å². The van der Waals surface area contributed by atoms with Gasteiger partial charge in [0.15, 0.2) is 0 Å². The third-order valence-corrected chi connectivity index (χ3v) is 3.65. The minimum absolute atomic E-state index is 0.0240. The molecular formula is C14H25N3O4. The van der Waals surface area contributed by atoms with Crippen LogP contribution >= 0.6 is 0 Å². The highest BCUT2D eigenvalue weighted by atomic mass is 16.4. The van der Waals surface area contributed by atoms with Crippen molar-refractivity contribution in [1.29, 1.82) is 0 Å². The van der Waals surface area contributed by atoms with Crippen molar-refractivity contribution in [1.82, 2.24) is 14.7 Å². The van der Waals surface area contributed by atoms with Crippen LogP contribution in [0, 0.1) is 0 Å². The summed E-state index contributed by atoms with van der Waals surface area (Å²) in [5.74, 6) is -0.886. The van der Waals surface area contributed by atoms with Crippen molar-refractivity contribution in [3.8, 4) is 0 Å². The summed E-state index contributed by atoms with van der Waals surface area (Å²) in [7, 11) is 0. The Morgan fingerprint density at radius 1 is 1.10 bits per heavy atom. The number of urea groups is 1. The van der Waals surface area contributed by atoms with Crippen molar-refractivity contribution in [2.24, 2.45) is 0 Å². The molecule has 0 aromatic rings. The molecule has 1 aliphatic heterocycles. The standard InChI is InChI=1S/C14H25N3O4/c1-11(2)17(8-5-13(19)20)14(21)16-7-4-6-15(9-10-16)12(3)18/h11H,4-10H2,1-3H3,(H,19,20). The van der Waals surface area contributed by atoms with E-state index in [0.717, 1.165) is 6.42 Å². The van der Waals surface area contributed by atoms with Crippen LogP contribution in [0.2, 0.25) is 0 Å². The second kappa shape index (κ2) is 7.85. The minimum atomic E-state index is -0.910. The number of carbonyl (C=O) groups is 3. The quantitative estimate of drug-likeness (QED) is 0.834. The number of carboxylic acids is 1. The molecule has 0 aromatic carbocycles. The molecule has 7 nitrogen and oxygen atoms in total. The van der Waals surface area contributed by atoms with E-state index in [1.807, 2.05) is 13.8 Å². The van der Waals surface area contributed by atoms with Crippen LogP contribution in [-0.4, -0.2) is 76.5 Å². The highest BCUT2D eigenvalue weighted by Gasteiger charge is 2.26. The zero-order valence-corrected chi connectivity index (χ0v) is 13.0. The van der Waals surface area contributed by atoms with E-state index in [4.69, 9.17) is 5.11 Å². The summed E-state index contributed by atoms with van der Waals surface area (Å²) >= 11 is 0. The van der Waals surface area contributed by atoms with Gasteiger partial charge >= 0.3 is 12.0 Å². The van der Waals surface area contributed by atoms with Gasteiger partial charge in [0.2, 0.25) is 5.91 Å². The average molecular weight is 299 g/mol. The van der Waals surface area contributed by atoms with Crippen LogP contribution in [0.5, 0.6) is 0 Å². The van der Waals surface area contributed by atoms with E-state index in [9.17, 15) is 14.4 Å². The van der Waals surface area contributed by atoms with Crippen LogP contribution in [-0.2, 0) is 9.59 Å². The maximum atomic E-state index is 12.5. The Bertz CT molecular complexity index is 398. The molecule has 1 rings (SSSR count). The molecule has 21 heavy (non-hydrogen) atoms. The van der Waals surface area contributed by atoms with Crippen molar-refractivity contribution in [3.05, 3.63) is 0 Å². The van der Waals surface area contributed by atoms with Crippen LogP contribution in [0.3, 0.4) is 0 Å². The molecule has 1 fully saturated rings. The molecule has 0 aromatic heterocycles. The fourth-order valence-electron chi connectivity index (χ4n) is 2.40. The van der Waals surface area contributed by atoms with E-state index in [-0.39, 0.29) is 30.9 Å². The summed E-state index contributed by atoms with van der Waals surface area (Å²) in [6.45, 7) is 7.78. The molecule has 3 amide bonds. The van der Waals surface area contributed by atoms with Crippen LogP contribution in [0.25, 0.3) is 0 Å². The SMILES string of the molecule is CC(=O)N1CCCN(C(=O)N(CCC(=O)O)C(C)C)CC1. The smallest absolute Gasteiger partial charge is 0.320 e. The topological polar surface area (TPSA) is 81.2 Å². The lowest BCUT2D eigenvalue weighted by atomic mass is 10.3. The van der Waals surface area contributed by atoms with Gasteiger partial charge in [0.05, 0.1) is 6.42 Å². The number of carboxylic acid groups (broad SMARTS) is 1. The predicted octanol–water partition coefficient (Wildman–Crippen LogP) is 0.846. The lowest BCUT2D eigenvalue weighted by Gasteiger charge is -2.32. The van der Waals surface area contributed by atoms with Gasteiger partial charge in [0.1, 0.15) is 0 Å². The van der Waals surface area contributed by atoms with Gasteiger partial charge in [0.25, 0.3) is 0 Å². The maximum absolute atomic E-state index is 12.5. The van der Waals surface area contributed by atoms with Crippen molar-refractivity contribution in [2.45, 2.75) is 39.7 Å². The number of hydrogen-bond donors (Lipinski definition) is 1. The molecule has 1 aliphatic rings. The monoisotopic (exact) mass is 299 g/mol. The van der Waals surface area contributed by atoms with Gasteiger partial charge in [0, 0.05) is 45.7 Å². The molecule has 1 heterocycles. The van der Waals surface area contributed by atoms with Crippen LogP contribution in [0.4, 0.5) is 4.79 Å². The first kappa shape index (κ1) is 17.3. The normalized spacial score (nSPS) is 15.8. The molecule has 7 heteroatoms. The summed E-state index contributed by atoms with van der Waals surface area (Å²) in [6, 6.07) is -0.194. The first-order valence-electron chi connectivity index (χ1n) is 7.35. The van der Waals surface area contributed by atoms with E-state index >= 15 is 0 Å². The highest BCUT2D eigenvalue weighted by molar-refractivity contribution is 5.76. The van der Waals surface area contributed by atoms with Gasteiger partial charge in [-0.05, 0) is 20.3 Å². The van der Waals surface area contributed by atoms with Crippen molar-refractivity contribution >= 4 is 17.9 Å². The maximum Gasteiger partial charge on any atom is 0.320 e. The second-order valence-electron chi connectivity index (χ2n) is 5.56. The lowest BCUT2D eigenvalue weighted by Crippen LogP contribution is -2.48. The fourth-order valence-corrected chi connectivity index (χ4v) is 2.40. The van der Waals surface area contributed by atoms with Crippen molar-refractivity contribution in [3.63, 3.8) is 0 Å². The van der Waals surface area contributed by atoms with Gasteiger partial charge in [-0.25, -0.2) is 4.79 Å². The first-order chi connectivity index (χ1) is 9.82. The third-order valence-electron chi connectivity index (χ3n) is 3.65. The lowest BCUT2D eigenvalue weighted by molar-refractivity contribution is -0.137. The molecule has 120 valence electrons. The molecule has 1 N–H and O–H groups in total. The van der Waals surface area contributed by atoms with Crippen LogP contribution in [0.1, 0.15) is 33.6 Å². The number of amides is 3. The Hall–Kier alpha value is -1.79. The molecule has 0 aliphatic carbocycles. The fraction of sp³-hybridized carbons (Fsp3) is 0.786. The number of carbonyl (C=O) groups excluding carboxylic acids is 2.